The van der Waals surface area contributed by atoms with E-state index in [2.05, 4.69) is 16.8 Å². The molecule has 2 atom stereocenters. The van der Waals surface area contributed by atoms with Crippen molar-refractivity contribution >= 4 is 5.96 Å². The Morgan fingerprint density at radius 3 is 3.22 bits per heavy atom. The second kappa shape index (κ2) is 5.91. The van der Waals surface area contributed by atoms with E-state index in [-0.39, 0.29) is 6.54 Å². The first-order valence-electron chi connectivity index (χ1n) is 6.43. The van der Waals surface area contributed by atoms with Gasteiger partial charge >= 0.3 is 0 Å². The molecule has 1 saturated heterocycles. The van der Waals surface area contributed by atoms with E-state index in [9.17, 15) is 5.11 Å². The summed E-state index contributed by atoms with van der Waals surface area (Å²) in [6.07, 6.45) is 3.22. The highest BCUT2D eigenvalue weighted by Crippen LogP contribution is 2.16. The number of likely N-dealkylation sites (tertiary alicyclic amines) is 1. The number of furan rings is 1. The van der Waals surface area contributed by atoms with Crippen LogP contribution < -0.4 is 5.73 Å². The summed E-state index contributed by atoms with van der Waals surface area (Å²) in [6.45, 7) is 4.37. The van der Waals surface area contributed by atoms with Gasteiger partial charge in [0.05, 0.1) is 12.8 Å². The molecular weight excluding hydrogens is 230 g/mol. The van der Waals surface area contributed by atoms with E-state index in [1.54, 1.807) is 12.1 Å². The van der Waals surface area contributed by atoms with Crippen molar-refractivity contribution in [3.63, 3.8) is 0 Å². The summed E-state index contributed by atoms with van der Waals surface area (Å²) in [6, 6.07) is 3.48. The maximum Gasteiger partial charge on any atom is 0.191 e. The predicted molar refractivity (Wildman–Crippen MR) is 70.1 cm³/mol. The molecule has 0 aliphatic carbocycles. The molecule has 0 aromatic carbocycles. The van der Waals surface area contributed by atoms with Crippen LogP contribution in [-0.4, -0.2) is 35.6 Å². The van der Waals surface area contributed by atoms with Crippen molar-refractivity contribution in [3.05, 3.63) is 24.2 Å². The van der Waals surface area contributed by atoms with Crippen LogP contribution in [0.2, 0.25) is 0 Å². The summed E-state index contributed by atoms with van der Waals surface area (Å²) >= 11 is 0. The van der Waals surface area contributed by atoms with Gasteiger partial charge in [-0.2, -0.15) is 0 Å². The normalized spacial score (nSPS) is 23.1. The minimum atomic E-state index is -0.722. The van der Waals surface area contributed by atoms with Crippen LogP contribution >= 0.6 is 0 Å². The molecule has 0 spiro atoms. The molecule has 0 radical (unpaired) electrons. The molecule has 1 aromatic heterocycles. The fourth-order valence-corrected chi connectivity index (χ4v) is 2.25. The van der Waals surface area contributed by atoms with Crippen molar-refractivity contribution < 1.29 is 9.52 Å². The smallest absolute Gasteiger partial charge is 0.191 e. The van der Waals surface area contributed by atoms with Gasteiger partial charge in [-0.3, -0.25) is 4.99 Å². The van der Waals surface area contributed by atoms with E-state index in [1.165, 1.54) is 12.7 Å². The average molecular weight is 251 g/mol. The summed E-state index contributed by atoms with van der Waals surface area (Å²) in [5.41, 5.74) is 5.95. The molecule has 18 heavy (non-hydrogen) atoms. The topological polar surface area (TPSA) is 75.0 Å². The number of aliphatic hydroxyl groups excluding tert-OH is 1. The number of rotatable bonds is 3. The lowest BCUT2D eigenvalue weighted by Gasteiger charge is -2.31. The minimum Gasteiger partial charge on any atom is -0.467 e. The van der Waals surface area contributed by atoms with Crippen LogP contribution in [0.1, 0.15) is 31.6 Å². The quantitative estimate of drug-likeness (QED) is 0.628. The monoisotopic (exact) mass is 251 g/mol. The molecule has 2 rings (SSSR count). The van der Waals surface area contributed by atoms with Gasteiger partial charge in [0.1, 0.15) is 11.9 Å². The van der Waals surface area contributed by atoms with Crippen LogP contribution in [-0.2, 0) is 0 Å². The van der Waals surface area contributed by atoms with Gasteiger partial charge in [0.15, 0.2) is 5.96 Å². The third-order valence-corrected chi connectivity index (χ3v) is 3.28. The summed E-state index contributed by atoms with van der Waals surface area (Å²) in [4.78, 5) is 6.33. The molecule has 1 fully saturated rings. The van der Waals surface area contributed by atoms with Gasteiger partial charge in [-0.05, 0) is 30.9 Å². The molecule has 5 heteroatoms. The van der Waals surface area contributed by atoms with Gasteiger partial charge in [-0.1, -0.05) is 6.92 Å². The molecular formula is C13H21N3O2. The van der Waals surface area contributed by atoms with Crippen molar-refractivity contribution in [2.24, 2.45) is 16.6 Å². The van der Waals surface area contributed by atoms with Crippen LogP contribution in [0.3, 0.4) is 0 Å². The van der Waals surface area contributed by atoms with Crippen LogP contribution in [0.15, 0.2) is 27.8 Å². The molecule has 5 nitrogen and oxygen atoms in total. The summed E-state index contributed by atoms with van der Waals surface area (Å²) in [5, 5.41) is 9.83. The first kappa shape index (κ1) is 13.0. The SMILES string of the molecule is CC1CCCN(C(N)=NCC(O)c2ccco2)C1. The third kappa shape index (κ3) is 3.26. The largest absolute Gasteiger partial charge is 0.467 e. The zero-order chi connectivity index (χ0) is 13.0. The molecule has 100 valence electrons. The Balaban J connectivity index is 1.88. The van der Waals surface area contributed by atoms with E-state index >= 15 is 0 Å². The van der Waals surface area contributed by atoms with Crippen molar-refractivity contribution in [1.29, 1.82) is 0 Å². The van der Waals surface area contributed by atoms with Gasteiger partial charge in [0, 0.05) is 13.1 Å². The lowest BCUT2D eigenvalue weighted by molar-refractivity contribution is 0.157. The average Bonchev–Trinajstić information content (AvgIpc) is 2.89. The summed E-state index contributed by atoms with van der Waals surface area (Å²) in [5.74, 6) is 1.70. The highest BCUT2D eigenvalue weighted by Gasteiger charge is 2.18. The van der Waals surface area contributed by atoms with Crippen LogP contribution in [0.25, 0.3) is 0 Å². The number of aliphatic hydroxyl groups is 1. The van der Waals surface area contributed by atoms with Crippen molar-refractivity contribution in [2.45, 2.75) is 25.9 Å². The lowest BCUT2D eigenvalue weighted by Crippen LogP contribution is -2.43. The molecule has 1 aliphatic rings. The Morgan fingerprint density at radius 1 is 1.72 bits per heavy atom. The van der Waals surface area contributed by atoms with E-state index < -0.39 is 6.10 Å². The van der Waals surface area contributed by atoms with Crippen molar-refractivity contribution in [2.75, 3.05) is 19.6 Å². The number of aliphatic imine (C=N–C) groups is 1. The molecule has 3 N–H and O–H groups in total. The van der Waals surface area contributed by atoms with E-state index in [4.69, 9.17) is 10.2 Å². The van der Waals surface area contributed by atoms with Gasteiger partial charge in [-0.25, -0.2) is 0 Å². The van der Waals surface area contributed by atoms with Crippen molar-refractivity contribution in [3.8, 4) is 0 Å². The molecule has 0 saturated carbocycles. The fourth-order valence-electron chi connectivity index (χ4n) is 2.25. The molecule has 2 heterocycles. The Morgan fingerprint density at radius 2 is 2.56 bits per heavy atom. The highest BCUT2D eigenvalue weighted by molar-refractivity contribution is 5.78. The maximum atomic E-state index is 9.83. The summed E-state index contributed by atoms with van der Waals surface area (Å²) in [7, 11) is 0. The van der Waals surface area contributed by atoms with Crippen molar-refractivity contribution in [1.82, 2.24) is 4.90 Å². The first-order chi connectivity index (χ1) is 8.66. The van der Waals surface area contributed by atoms with Gasteiger partial charge in [-0.15, -0.1) is 0 Å². The van der Waals surface area contributed by atoms with E-state index in [1.807, 2.05) is 0 Å². The zero-order valence-electron chi connectivity index (χ0n) is 10.7. The Labute approximate surface area is 107 Å². The molecule has 2 unspecified atom stereocenters. The number of hydrogen-bond acceptors (Lipinski definition) is 3. The van der Waals surface area contributed by atoms with Crippen LogP contribution in [0, 0.1) is 5.92 Å². The lowest BCUT2D eigenvalue weighted by atomic mass is 10.0. The van der Waals surface area contributed by atoms with Gasteiger partial charge in [0.25, 0.3) is 0 Å². The van der Waals surface area contributed by atoms with Gasteiger partial charge < -0.3 is 20.2 Å². The second-order valence-corrected chi connectivity index (χ2v) is 4.92. The zero-order valence-corrected chi connectivity index (χ0v) is 10.7. The molecule has 0 amide bonds. The number of hydrogen-bond donors (Lipinski definition) is 2. The van der Waals surface area contributed by atoms with E-state index in [0.717, 1.165) is 19.5 Å². The number of nitrogens with zero attached hydrogens (tertiary/aromatic N) is 2. The number of nitrogens with two attached hydrogens (primary N) is 1. The van der Waals surface area contributed by atoms with Crippen LogP contribution in [0.4, 0.5) is 0 Å². The molecule has 1 aromatic rings. The molecule has 1 aliphatic heterocycles. The fraction of sp³-hybridized carbons (Fsp3) is 0.615. The maximum absolute atomic E-state index is 9.83. The Bertz CT molecular complexity index is 389. The number of piperidine rings is 1. The predicted octanol–water partition coefficient (Wildman–Crippen LogP) is 1.36. The Kier molecular flexibility index (Phi) is 4.25. The standard InChI is InChI=1S/C13H21N3O2/c1-10-4-2-6-16(9-10)13(14)15-8-11(17)12-5-3-7-18-12/h3,5,7,10-11,17H,2,4,6,8-9H2,1H3,(H2,14,15). The first-order valence-corrected chi connectivity index (χ1v) is 6.43. The molecule has 0 bridgehead atoms. The third-order valence-electron chi connectivity index (χ3n) is 3.28. The van der Waals surface area contributed by atoms with Crippen LogP contribution in [0.5, 0.6) is 0 Å². The van der Waals surface area contributed by atoms with E-state index in [0.29, 0.717) is 17.6 Å². The number of guanidine groups is 1. The second-order valence-electron chi connectivity index (χ2n) is 4.92. The minimum absolute atomic E-state index is 0.240. The Hall–Kier alpha value is -1.49. The highest BCUT2D eigenvalue weighted by atomic mass is 16.4. The summed E-state index contributed by atoms with van der Waals surface area (Å²) < 4.78 is 5.12. The van der Waals surface area contributed by atoms with Gasteiger partial charge in [0.2, 0.25) is 0 Å².